The molecule has 3 unspecified atom stereocenters. The monoisotopic (exact) mass is 252 g/mol. The lowest BCUT2D eigenvalue weighted by atomic mass is 10.0. The van der Waals surface area contributed by atoms with Gasteiger partial charge < -0.3 is 15.4 Å². The van der Waals surface area contributed by atoms with Gasteiger partial charge in [0, 0.05) is 25.7 Å². The number of rotatable bonds is 4. The van der Waals surface area contributed by atoms with Crippen LogP contribution in [0.25, 0.3) is 0 Å². The van der Waals surface area contributed by atoms with E-state index < -0.39 is 0 Å². The molecule has 0 saturated carbocycles. The Morgan fingerprint density at radius 1 is 1.50 bits per heavy atom. The Hall–Kier alpha value is -0.870. The average Bonchev–Trinajstić information content (AvgIpc) is 2.82. The summed E-state index contributed by atoms with van der Waals surface area (Å²) in [7, 11) is 0. The van der Waals surface area contributed by atoms with Gasteiger partial charge in [0.05, 0.1) is 12.0 Å². The van der Waals surface area contributed by atoms with Crippen LogP contribution in [0.15, 0.2) is 12.2 Å². The van der Waals surface area contributed by atoms with E-state index in [0.29, 0.717) is 0 Å². The molecule has 3 atom stereocenters. The molecular weight excluding hydrogens is 228 g/mol. The first-order valence-corrected chi connectivity index (χ1v) is 7.05. The third-order valence-corrected chi connectivity index (χ3v) is 3.68. The number of carbonyl (C=O) groups is 1. The topological polar surface area (TPSA) is 55.6 Å². The van der Waals surface area contributed by atoms with E-state index in [1.165, 1.54) is 0 Å². The Morgan fingerprint density at radius 3 is 3.00 bits per heavy atom. The summed E-state index contributed by atoms with van der Waals surface area (Å²) >= 11 is 0. The fourth-order valence-corrected chi connectivity index (χ4v) is 2.70. The summed E-state index contributed by atoms with van der Waals surface area (Å²) in [5.74, 6) is 0.217. The lowest BCUT2D eigenvalue weighted by molar-refractivity contribution is -0.138. The molecule has 1 heterocycles. The Kier molecular flexibility index (Phi) is 4.78. The van der Waals surface area contributed by atoms with Gasteiger partial charge in [-0.3, -0.25) is 4.79 Å². The minimum absolute atomic E-state index is 0.00933. The van der Waals surface area contributed by atoms with Crippen LogP contribution >= 0.6 is 0 Å². The van der Waals surface area contributed by atoms with Crippen LogP contribution in [-0.2, 0) is 9.53 Å². The molecule has 0 spiro atoms. The van der Waals surface area contributed by atoms with E-state index >= 15 is 0 Å². The Bertz CT molecular complexity index is 317. The summed E-state index contributed by atoms with van der Waals surface area (Å²) in [5.41, 5.74) is 5.80. The van der Waals surface area contributed by atoms with Crippen molar-refractivity contribution in [2.24, 2.45) is 11.7 Å². The maximum Gasteiger partial charge on any atom is 0.229 e. The average molecular weight is 252 g/mol. The molecule has 1 aliphatic heterocycles. The number of likely N-dealkylation sites (tertiary alicyclic amines) is 1. The van der Waals surface area contributed by atoms with Crippen molar-refractivity contribution in [1.29, 1.82) is 0 Å². The largest absolute Gasteiger partial charge is 0.376 e. The van der Waals surface area contributed by atoms with Crippen molar-refractivity contribution in [1.82, 2.24) is 4.90 Å². The first-order valence-electron chi connectivity index (χ1n) is 7.05. The third-order valence-electron chi connectivity index (χ3n) is 3.68. The Labute approximate surface area is 109 Å². The molecule has 2 rings (SSSR count). The molecule has 18 heavy (non-hydrogen) atoms. The predicted molar refractivity (Wildman–Crippen MR) is 71.1 cm³/mol. The molecule has 1 aliphatic carbocycles. The Morgan fingerprint density at radius 2 is 2.33 bits per heavy atom. The first kappa shape index (κ1) is 13.6. The van der Waals surface area contributed by atoms with Crippen LogP contribution in [-0.4, -0.2) is 42.6 Å². The van der Waals surface area contributed by atoms with E-state index in [1.807, 2.05) is 17.1 Å². The summed E-state index contributed by atoms with van der Waals surface area (Å²) in [6, 6.07) is 0.0517. The van der Waals surface area contributed by atoms with Gasteiger partial charge in [-0.1, -0.05) is 19.1 Å². The SMILES string of the molecule is CCCOC1CCCN(C(=O)C2C=CC(N)C2)C1. The highest BCUT2D eigenvalue weighted by atomic mass is 16.5. The predicted octanol–water partition coefficient (Wildman–Crippen LogP) is 1.31. The maximum absolute atomic E-state index is 12.3. The lowest BCUT2D eigenvalue weighted by Crippen LogP contribution is -2.45. The van der Waals surface area contributed by atoms with Crippen molar-refractivity contribution in [3.05, 3.63) is 12.2 Å². The molecule has 102 valence electrons. The third kappa shape index (κ3) is 3.33. The van der Waals surface area contributed by atoms with E-state index in [-0.39, 0.29) is 24.0 Å². The highest BCUT2D eigenvalue weighted by Gasteiger charge is 2.30. The van der Waals surface area contributed by atoms with E-state index in [9.17, 15) is 4.79 Å². The second kappa shape index (κ2) is 6.34. The smallest absolute Gasteiger partial charge is 0.229 e. The van der Waals surface area contributed by atoms with Gasteiger partial charge in [0.15, 0.2) is 0 Å². The first-order chi connectivity index (χ1) is 8.70. The molecule has 4 heteroatoms. The molecule has 1 amide bonds. The van der Waals surface area contributed by atoms with Crippen molar-refractivity contribution in [2.75, 3.05) is 19.7 Å². The molecule has 0 aromatic carbocycles. The van der Waals surface area contributed by atoms with Crippen LogP contribution in [0.1, 0.15) is 32.6 Å². The summed E-state index contributed by atoms with van der Waals surface area (Å²) in [5, 5.41) is 0. The van der Waals surface area contributed by atoms with Crippen LogP contribution < -0.4 is 5.73 Å². The molecule has 1 fully saturated rings. The normalized spacial score (nSPS) is 31.9. The van der Waals surface area contributed by atoms with Crippen molar-refractivity contribution in [2.45, 2.75) is 44.8 Å². The van der Waals surface area contributed by atoms with Gasteiger partial charge in [-0.25, -0.2) is 0 Å². The number of amides is 1. The number of hydrogen-bond acceptors (Lipinski definition) is 3. The maximum atomic E-state index is 12.3. The Balaban J connectivity index is 1.84. The summed E-state index contributed by atoms with van der Waals surface area (Å²) < 4.78 is 5.76. The molecule has 0 aromatic heterocycles. The number of ether oxygens (including phenoxy) is 1. The molecule has 1 saturated heterocycles. The van der Waals surface area contributed by atoms with Gasteiger partial charge in [-0.05, 0) is 25.7 Å². The van der Waals surface area contributed by atoms with Gasteiger partial charge >= 0.3 is 0 Å². The molecule has 2 aliphatic rings. The summed E-state index contributed by atoms with van der Waals surface area (Å²) in [6.07, 6.45) is 8.04. The van der Waals surface area contributed by atoms with Crippen LogP contribution in [0.3, 0.4) is 0 Å². The zero-order valence-corrected chi connectivity index (χ0v) is 11.2. The van der Waals surface area contributed by atoms with Gasteiger partial charge in [0.2, 0.25) is 5.91 Å². The number of nitrogens with zero attached hydrogens (tertiary/aromatic N) is 1. The van der Waals surface area contributed by atoms with Gasteiger partial charge in [0.25, 0.3) is 0 Å². The van der Waals surface area contributed by atoms with Crippen LogP contribution in [0.2, 0.25) is 0 Å². The summed E-state index contributed by atoms with van der Waals surface area (Å²) in [4.78, 5) is 14.3. The molecule has 4 nitrogen and oxygen atoms in total. The highest BCUT2D eigenvalue weighted by molar-refractivity contribution is 5.81. The fourth-order valence-electron chi connectivity index (χ4n) is 2.70. The van der Waals surface area contributed by atoms with Crippen LogP contribution in [0, 0.1) is 5.92 Å². The van der Waals surface area contributed by atoms with Crippen LogP contribution in [0.5, 0.6) is 0 Å². The highest BCUT2D eigenvalue weighted by Crippen LogP contribution is 2.22. The lowest BCUT2D eigenvalue weighted by Gasteiger charge is -2.34. The fraction of sp³-hybridized carbons (Fsp3) is 0.786. The second-order valence-electron chi connectivity index (χ2n) is 5.31. The molecule has 0 bridgehead atoms. The molecular formula is C14H24N2O2. The van der Waals surface area contributed by atoms with E-state index in [4.69, 9.17) is 10.5 Å². The van der Waals surface area contributed by atoms with E-state index in [0.717, 1.165) is 45.4 Å². The number of piperidine rings is 1. The molecule has 2 N–H and O–H groups in total. The van der Waals surface area contributed by atoms with E-state index in [2.05, 4.69) is 6.92 Å². The second-order valence-corrected chi connectivity index (χ2v) is 5.31. The quantitative estimate of drug-likeness (QED) is 0.767. The van der Waals surface area contributed by atoms with Gasteiger partial charge in [-0.2, -0.15) is 0 Å². The zero-order chi connectivity index (χ0) is 13.0. The van der Waals surface area contributed by atoms with Gasteiger partial charge in [-0.15, -0.1) is 0 Å². The van der Waals surface area contributed by atoms with Crippen LogP contribution in [0.4, 0.5) is 0 Å². The van der Waals surface area contributed by atoms with Crippen molar-refractivity contribution < 1.29 is 9.53 Å². The van der Waals surface area contributed by atoms with Gasteiger partial charge in [0.1, 0.15) is 0 Å². The number of hydrogen-bond donors (Lipinski definition) is 1. The minimum atomic E-state index is -0.00933. The molecule has 0 radical (unpaired) electrons. The number of nitrogens with two attached hydrogens (primary N) is 1. The summed E-state index contributed by atoms with van der Waals surface area (Å²) in [6.45, 7) is 4.51. The zero-order valence-electron chi connectivity index (χ0n) is 11.2. The molecule has 0 aromatic rings. The van der Waals surface area contributed by atoms with E-state index in [1.54, 1.807) is 0 Å². The van der Waals surface area contributed by atoms with Crippen molar-refractivity contribution in [3.8, 4) is 0 Å². The van der Waals surface area contributed by atoms with Crippen molar-refractivity contribution >= 4 is 5.91 Å². The number of carbonyl (C=O) groups excluding carboxylic acids is 1. The minimum Gasteiger partial charge on any atom is -0.376 e. The van der Waals surface area contributed by atoms with Crippen molar-refractivity contribution in [3.63, 3.8) is 0 Å². The standard InChI is InChI=1S/C14H24N2O2/c1-2-8-18-13-4-3-7-16(10-13)14(17)11-5-6-12(15)9-11/h5-6,11-13H,2-4,7-10,15H2,1H3.